The molecule has 1 unspecified atom stereocenters. The van der Waals surface area contributed by atoms with Gasteiger partial charge < -0.3 is 14.8 Å². The number of hydrogen-bond donors (Lipinski definition) is 2. The maximum Gasteiger partial charge on any atom is 0.164 e. The lowest BCUT2D eigenvalue weighted by Gasteiger charge is -2.25. The van der Waals surface area contributed by atoms with Crippen molar-refractivity contribution in [2.75, 3.05) is 6.54 Å². The number of carbonyl (C=O) groups excluding carboxylic acids is 1. The molecule has 1 atom stereocenters. The fraction of sp³-hybridized carbons (Fsp3) is 0.250. The van der Waals surface area contributed by atoms with Gasteiger partial charge in [-0.1, -0.05) is 60.7 Å². The van der Waals surface area contributed by atoms with Crippen molar-refractivity contribution < 1.29 is 14.6 Å². The van der Waals surface area contributed by atoms with Gasteiger partial charge in [0.15, 0.2) is 5.78 Å². The third-order valence-corrected chi connectivity index (χ3v) is 7.08. The van der Waals surface area contributed by atoms with Gasteiger partial charge in [0, 0.05) is 35.3 Å². The number of nitrogens with zero attached hydrogens (tertiary/aromatic N) is 1. The first-order valence-corrected chi connectivity index (χ1v) is 12.8. The number of fused-ring (bicyclic) bond motifs is 1. The van der Waals surface area contributed by atoms with Gasteiger partial charge in [0.2, 0.25) is 0 Å². The van der Waals surface area contributed by atoms with E-state index in [1.807, 2.05) is 42.5 Å². The Kier molecular flexibility index (Phi) is 7.22. The minimum Gasteiger partial charge on any atom is -0.511 e. The fourth-order valence-corrected chi connectivity index (χ4v) is 5.24. The third kappa shape index (κ3) is 5.51. The molecule has 0 saturated heterocycles. The number of hydrogen-bond acceptors (Lipinski definition) is 4. The van der Waals surface area contributed by atoms with Crippen molar-refractivity contribution in [1.82, 2.24) is 4.98 Å². The Labute approximate surface area is 217 Å². The molecule has 188 valence electrons. The molecule has 1 aliphatic carbocycles. The van der Waals surface area contributed by atoms with E-state index in [1.54, 1.807) is 0 Å². The zero-order valence-electron chi connectivity index (χ0n) is 21.3. The van der Waals surface area contributed by atoms with E-state index in [9.17, 15) is 9.90 Å². The van der Waals surface area contributed by atoms with E-state index in [2.05, 4.69) is 48.3 Å². The van der Waals surface area contributed by atoms with Crippen LogP contribution in [0.2, 0.25) is 0 Å². The highest BCUT2D eigenvalue weighted by molar-refractivity contribution is 6.22. The first kappa shape index (κ1) is 24.6. The largest absolute Gasteiger partial charge is 0.511 e. The van der Waals surface area contributed by atoms with E-state index in [4.69, 9.17) is 9.73 Å². The van der Waals surface area contributed by atoms with E-state index in [1.165, 1.54) is 12.5 Å². The van der Waals surface area contributed by atoms with E-state index in [-0.39, 0.29) is 17.5 Å². The Balaban J connectivity index is 1.35. The lowest BCUT2D eigenvalue weighted by atomic mass is 9.81. The highest BCUT2D eigenvalue weighted by atomic mass is 16.5. The van der Waals surface area contributed by atoms with Crippen LogP contribution in [-0.2, 0) is 17.8 Å². The van der Waals surface area contributed by atoms with Crippen molar-refractivity contribution in [2.45, 2.75) is 45.6 Å². The lowest BCUT2D eigenvalue weighted by molar-refractivity contribution is -0.113. The molecule has 0 amide bonds. The first-order chi connectivity index (χ1) is 18.0. The first-order valence-electron chi connectivity index (χ1n) is 12.8. The summed E-state index contributed by atoms with van der Waals surface area (Å²) in [5, 5.41) is 11.9. The number of benzene rings is 3. The van der Waals surface area contributed by atoms with Gasteiger partial charge in [0.25, 0.3) is 0 Å². The van der Waals surface area contributed by atoms with E-state index < -0.39 is 0 Å². The molecule has 0 aliphatic heterocycles. The van der Waals surface area contributed by atoms with Gasteiger partial charge in [-0.15, -0.1) is 0 Å². The van der Waals surface area contributed by atoms with Crippen LogP contribution in [0.4, 0.5) is 0 Å². The van der Waals surface area contributed by atoms with Gasteiger partial charge in [-0.2, -0.15) is 0 Å². The van der Waals surface area contributed by atoms with Crippen molar-refractivity contribution in [3.63, 3.8) is 0 Å². The second kappa shape index (κ2) is 10.9. The number of ether oxygens (including phenoxy) is 1. The van der Waals surface area contributed by atoms with Gasteiger partial charge in [-0.05, 0) is 67.5 Å². The van der Waals surface area contributed by atoms with Crippen molar-refractivity contribution >= 4 is 22.4 Å². The molecule has 1 heterocycles. The molecular weight excluding hydrogens is 460 g/mol. The van der Waals surface area contributed by atoms with Crippen molar-refractivity contribution in [3.05, 3.63) is 113 Å². The van der Waals surface area contributed by atoms with Crippen molar-refractivity contribution in [2.24, 2.45) is 4.99 Å². The van der Waals surface area contributed by atoms with E-state index in [0.29, 0.717) is 37.3 Å². The summed E-state index contributed by atoms with van der Waals surface area (Å²) in [5.74, 6) is 0.955. The topological polar surface area (TPSA) is 74.7 Å². The van der Waals surface area contributed by atoms with Crippen LogP contribution in [0.25, 0.3) is 10.9 Å². The number of rotatable bonds is 8. The zero-order chi connectivity index (χ0) is 25.8. The summed E-state index contributed by atoms with van der Waals surface area (Å²) >= 11 is 0. The number of aliphatic hydroxyl groups is 1. The van der Waals surface area contributed by atoms with Crippen LogP contribution in [0.15, 0.2) is 95.2 Å². The average molecular weight is 493 g/mol. The Morgan fingerprint density at radius 2 is 1.76 bits per heavy atom. The summed E-state index contributed by atoms with van der Waals surface area (Å²) in [6.07, 6.45) is 1.83. The molecule has 4 aromatic rings. The predicted molar refractivity (Wildman–Crippen MR) is 149 cm³/mol. The summed E-state index contributed by atoms with van der Waals surface area (Å²) in [4.78, 5) is 20.7. The second-order valence-corrected chi connectivity index (χ2v) is 9.68. The number of carbonyl (C=O) groups is 1. The van der Waals surface area contributed by atoms with Gasteiger partial charge in [-0.25, -0.2) is 0 Å². The summed E-state index contributed by atoms with van der Waals surface area (Å²) in [5.41, 5.74) is 6.73. The van der Waals surface area contributed by atoms with E-state index >= 15 is 0 Å². The highest BCUT2D eigenvalue weighted by Gasteiger charge is 2.29. The number of aromatic nitrogens is 1. The number of aliphatic imine (C=N–C) groups is 1. The monoisotopic (exact) mass is 492 g/mol. The number of Topliss-reactive ketones (excluding diaryl/α,β-unsaturated/α-hetero) is 1. The molecule has 37 heavy (non-hydrogen) atoms. The number of allylic oxidation sites excluding steroid dienone is 2. The molecule has 0 saturated carbocycles. The van der Waals surface area contributed by atoms with Crippen LogP contribution >= 0.6 is 0 Å². The van der Waals surface area contributed by atoms with Crippen molar-refractivity contribution in [3.8, 4) is 5.75 Å². The second-order valence-electron chi connectivity index (χ2n) is 9.68. The summed E-state index contributed by atoms with van der Waals surface area (Å²) in [6.45, 7) is 4.63. The molecule has 0 radical (unpaired) electrons. The molecule has 5 rings (SSSR count). The zero-order valence-corrected chi connectivity index (χ0v) is 21.3. The van der Waals surface area contributed by atoms with Crippen LogP contribution in [-0.4, -0.2) is 28.1 Å². The van der Waals surface area contributed by atoms with Crippen LogP contribution in [0.5, 0.6) is 5.75 Å². The maximum absolute atomic E-state index is 12.4. The molecule has 5 heteroatoms. The minimum absolute atomic E-state index is 0.113. The third-order valence-electron chi connectivity index (χ3n) is 7.08. The van der Waals surface area contributed by atoms with Crippen molar-refractivity contribution in [1.29, 1.82) is 0 Å². The maximum atomic E-state index is 12.4. The molecule has 1 aromatic heterocycles. The smallest absolute Gasteiger partial charge is 0.164 e. The molecule has 2 N–H and O–H groups in total. The lowest BCUT2D eigenvalue weighted by Crippen LogP contribution is -2.23. The number of ketones is 1. The predicted octanol–water partition coefficient (Wildman–Crippen LogP) is 7.02. The number of H-pyrrole nitrogens is 1. The Morgan fingerprint density at radius 3 is 2.49 bits per heavy atom. The number of aliphatic hydroxyl groups excluding tert-OH is 1. The Bertz CT molecular complexity index is 1470. The normalized spacial score (nSPS) is 16.9. The molecule has 0 bridgehead atoms. The summed E-state index contributed by atoms with van der Waals surface area (Å²) in [7, 11) is 0. The van der Waals surface area contributed by atoms with Crippen LogP contribution < -0.4 is 4.74 Å². The standard InChI is InChI=1S/C32H32N2O3/c1-21-27(28-19-26(13-14-29(28)34-21)37-20-23-9-5-3-6-10-23)15-16-33-30-17-25(24-11-7-4-8-12-24)18-31(36)32(30)22(2)35/h3-14,19,25,34,36H,15-18,20H2,1-2H3. The SMILES string of the molecule is CC(=O)C1=C(O)CC(c2ccccc2)CC1=NCCc1c(C)[nH]c2ccc(OCc3ccccc3)cc12. The molecule has 1 aliphatic rings. The molecular formula is C32H32N2O3. The average Bonchev–Trinajstić information content (AvgIpc) is 3.22. The highest BCUT2D eigenvalue weighted by Crippen LogP contribution is 2.34. The summed E-state index contributed by atoms with van der Waals surface area (Å²) < 4.78 is 6.06. The minimum atomic E-state index is -0.133. The van der Waals surface area contributed by atoms with Gasteiger partial charge in [0.1, 0.15) is 18.1 Å². The summed E-state index contributed by atoms with van der Waals surface area (Å²) in [6, 6.07) is 26.4. The Hall–Kier alpha value is -4.12. The van der Waals surface area contributed by atoms with Crippen LogP contribution in [0.1, 0.15) is 48.1 Å². The van der Waals surface area contributed by atoms with Gasteiger partial charge in [-0.3, -0.25) is 9.79 Å². The number of aryl methyl sites for hydroxylation is 1. The molecule has 3 aromatic carbocycles. The van der Waals surface area contributed by atoms with E-state index in [0.717, 1.165) is 39.9 Å². The number of nitrogens with one attached hydrogen (secondary N) is 1. The van der Waals surface area contributed by atoms with Gasteiger partial charge in [0.05, 0.1) is 5.57 Å². The quantitative estimate of drug-likeness (QED) is 0.278. The van der Waals surface area contributed by atoms with Gasteiger partial charge >= 0.3 is 0 Å². The fourth-order valence-electron chi connectivity index (χ4n) is 5.24. The van der Waals surface area contributed by atoms with Crippen LogP contribution in [0, 0.1) is 6.92 Å². The molecule has 0 fully saturated rings. The number of aromatic amines is 1. The molecule has 5 nitrogen and oxygen atoms in total. The van der Waals surface area contributed by atoms with Crippen LogP contribution in [0.3, 0.4) is 0 Å². The molecule has 0 spiro atoms. The Morgan fingerprint density at radius 1 is 1.03 bits per heavy atom.